The van der Waals surface area contributed by atoms with E-state index in [4.69, 9.17) is 14.6 Å². The minimum atomic E-state index is -0.982. The molecule has 1 N–H and O–H groups in total. The molecule has 0 bridgehead atoms. The van der Waals surface area contributed by atoms with Crippen LogP contribution in [-0.2, 0) is 4.79 Å². The lowest BCUT2D eigenvalue weighted by Crippen LogP contribution is -1.89. The van der Waals surface area contributed by atoms with Gasteiger partial charge in [0.05, 0.1) is 14.2 Å². The van der Waals surface area contributed by atoms with E-state index in [0.29, 0.717) is 5.75 Å². The summed E-state index contributed by atoms with van der Waals surface area (Å²) in [7, 11) is 3.24. The molecule has 126 valence electrons. The summed E-state index contributed by atoms with van der Waals surface area (Å²) in [5.74, 6) is 0.518. The molecule has 0 aliphatic rings. The van der Waals surface area contributed by atoms with Crippen molar-refractivity contribution < 1.29 is 19.4 Å². The van der Waals surface area contributed by atoms with E-state index in [2.05, 4.69) is 6.07 Å². The van der Waals surface area contributed by atoms with Crippen LogP contribution < -0.4 is 9.47 Å². The number of carboxylic acids is 1. The van der Waals surface area contributed by atoms with Crippen LogP contribution in [0.15, 0.2) is 60.7 Å². The predicted octanol–water partition coefficient (Wildman–Crippen LogP) is 4.62. The summed E-state index contributed by atoms with van der Waals surface area (Å²) >= 11 is 0. The molecule has 3 rings (SSSR count). The third-order valence-electron chi connectivity index (χ3n) is 3.96. The molecular formula is C21H18O4. The standard InChI is InChI=1S/C21H18O4/c1-24-19-7-6-15-11-16(4-5-17(15)12-19)18-9-14(3-8-21(22)23)10-20(13-18)25-2/h3-13H,1-2H3,(H,22,23)/b8-3+. The lowest BCUT2D eigenvalue weighted by atomic mass is 9.99. The van der Waals surface area contributed by atoms with Crippen LogP contribution >= 0.6 is 0 Å². The number of carboxylic acid groups (broad SMARTS) is 1. The van der Waals surface area contributed by atoms with E-state index in [1.807, 2.05) is 42.5 Å². The summed E-state index contributed by atoms with van der Waals surface area (Å²) < 4.78 is 10.6. The fourth-order valence-electron chi connectivity index (χ4n) is 2.70. The molecule has 0 fully saturated rings. The number of fused-ring (bicyclic) bond motifs is 1. The predicted molar refractivity (Wildman–Crippen MR) is 99.2 cm³/mol. The van der Waals surface area contributed by atoms with Gasteiger partial charge in [-0.3, -0.25) is 0 Å². The Hall–Kier alpha value is -3.27. The summed E-state index contributed by atoms with van der Waals surface area (Å²) in [6.07, 6.45) is 2.67. The molecule has 0 radical (unpaired) electrons. The second kappa shape index (κ2) is 7.09. The van der Waals surface area contributed by atoms with Crippen molar-refractivity contribution in [3.05, 3.63) is 66.2 Å². The van der Waals surface area contributed by atoms with E-state index in [0.717, 1.165) is 39.3 Å². The van der Waals surface area contributed by atoms with Crippen LogP contribution in [0.4, 0.5) is 0 Å². The van der Waals surface area contributed by atoms with E-state index in [-0.39, 0.29) is 0 Å². The molecule has 0 aromatic heterocycles. The number of rotatable bonds is 5. The molecule has 0 saturated heterocycles. The normalized spacial score (nSPS) is 11.0. The van der Waals surface area contributed by atoms with Gasteiger partial charge in [0.15, 0.2) is 0 Å². The maximum Gasteiger partial charge on any atom is 0.328 e. The first-order valence-corrected chi connectivity index (χ1v) is 7.77. The van der Waals surface area contributed by atoms with E-state index < -0.39 is 5.97 Å². The quantitative estimate of drug-likeness (QED) is 0.692. The number of benzene rings is 3. The summed E-state index contributed by atoms with van der Waals surface area (Å²) in [6.45, 7) is 0. The molecule has 0 aliphatic heterocycles. The summed E-state index contributed by atoms with van der Waals surface area (Å²) in [5.41, 5.74) is 2.76. The summed E-state index contributed by atoms with van der Waals surface area (Å²) in [6, 6.07) is 17.8. The van der Waals surface area contributed by atoms with Crippen LogP contribution in [-0.4, -0.2) is 25.3 Å². The van der Waals surface area contributed by atoms with E-state index in [9.17, 15) is 4.79 Å². The van der Waals surface area contributed by atoms with Gasteiger partial charge in [0, 0.05) is 6.08 Å². The van der Waals surface area contributed by atoms with Crippen molar-refractivity contribution in [2.75, 3.05) is 14.2 Å². The molecule has 0 unspecified atom stereocenters. The van der Waals surface area contributed by atoms with Crippen LogP contribution in [0.3, 0.4) is 0 Å². The van der Waals surface area contributed by atoms with Crippen molar-refractivity contribution in [2.45, 2.75) is 0 Å². The smallest absolute Gasteiger partial charge is 0.328 e. The zero-order valence-electron chi connectivity index (χ0n) is 14.0. The topological polar surface area (TPSA) is 55.8 Å². The minimum absolute atomic E-state index is 0.678. The van der Waals surface area contributed by atoms with Crippen molar-refractivity contribution in [1.29, 1.82) is 0 Å². The zero-order valence-corrected chi connectivity index (χ0v) is 14.0. The Kier molecular flexibility index (Phi) is 4.70. The largest absolute Gasteiger partial charge is 0.497 e. The van der Waals surface area contributed by atoms with Crippen LogP contribution in [0.25, 0.3) is 28.0 Å². The minimum Gasteiger partial charge on any atom is -0.497 e. The average molecular weight is 334 g/mol. The second-order valence-electron chi connectivity index (χ2n) is 5.59. The fraction of sp³-hybridized carbons (Fsp3) is 0.0952. The molecule has 0 atom stereocenters. The molecule has 4 nitrogen and oxygen atoms in total. The van der Waals surface area contributed by atoms with Gasteiger partial charge >= 0.3 is 5.97 Å². The molecule has 25 heavy (non-hydrogen) atoms. The van der Waals surface area contributed by atoms with Gasteiger partial charge in [-0.05, 0) is 69.9 Å². The Bertz CT molecular complexity index is 957. The molecule has 4 heteroatoms. The number of hydrogen-bond acceptors (Lipinski definition) is 3. The molecular weight excluding hydrogens is 316 g/mol. The third kappa shape index (κ3) is 3.80. The van der Waals surface area contributed by atoms with Crippen LogP contribution in [0.1, 0.15) is 5.56 Å². The highest BCUT2D eigenvalue weighted by Gasteiger charge is 2.05. The number of hydrogen-bond donors (Lipinski definition) is 1. The Balaban J connectivity index is 2.06. The molecule has 0 heterocycles. The van der Waals surface area contributed by atoms with Gasteiger partial charge in [-0.25, -0.2) is 4.79 Å². The van der Waals surface area contributed by atoms with Crippen LogP contribution in [0.2, 0.25) is 0 Å². The van der Waals surface area contributed by atoms with Gasteiger partial charge < -0.3 is 14.6 Å². The van der Waals surface area contributed by atoms with Crippen molar-refractivity contribution in [2.24, 2.45) is 0 Å². The zero-order chi connectivity index (χ0) is 17.8. The maximum absolute atomic E-state index is 10.8. The highest BCUT2D eigenvalue weighted by molar-refractivity contribution is 5.89. The van der Waals surface area contributed by atoms with Crippen molar-refractivity contribution >= 4 is 22.8 Å². The molecule has 0 saturated carbocycles. The van der Waals surface area contributed by atoms with E-state index in [1.165, 1.54) is 0 Å². The monoisotopic (exact) mass is 334 g/mol. The fourth-order valence-corrected chi connectivity index (χ4v) is 2.70. The van der Waals surface area contributed by atoms with Crippen LogP contribution in [0, 0.1) is 0 Å². The highest BCUT2D eigenvalue weighted by Crippen LogP contribution is 2.30. The Labute approximate surface area is 145 Å². The van der Waals surface area contributed by atoms with Crippen LogP contribution in [0.5, 0.6) is 11.5 Å². The second-order valence-corrected chi connectivity index (χ2v) is 5.59. The first-order valence-electron chi connectivity index (χ1n) is 7.77. The first-order chi connectivity index (χ1) is 12.1. The van der Waals surface area contributed by atoms with Crippen molar-refractivity contribution in [3.8, 4) is 22.6 Å². The van der Waals surface area contributed by atoms with Gasteiger partial charge in [-0.2, -0.15) is 0 Å². The average Bonchev–Trinajstić information content (AvgIpc) is 2.65. The third-order valence-corrected chi connectivity index (χ3v) is 3.96. The van der Waals surface area contributed by atoms with Gasteiger partial charge in [0.25, 0.3) is 0 Å². The van der Waals surface area contributed by atoms with E-state index >= 15 is 0 Å². The first kappa shape index (κ1) is 16.6. The Morgan fingerprint density at radius 1 is 0.840 bits per heavy atom. The maximum atomic E-state index is 10.8. The summed E-state index contributed by atoms with van der Waals surface area (Å²) in [4.78, 5) is 10.8. The molecule has 0 amide bonds. The lowest BCUT2D eigenvalue weighted by Gasteiger charge is -2.09. The Morgan fingerprint density at radius 2 is 1.56 bits per heavy atom. The molecule has 3 aromatic rings. The van der Waals surface area contributed by atoms with E-state index in [1.54, 1.807) is 26.4 Å². The van der Waals surface area contributed by atoms with Gasteiger partial charge in [0.1, 0.15) is 11.5 Å². The van der Waals surface area contributed by atoms with Crippen molar-refractivity contribution in [1.82, 2.24) is 0 Å². The van der Waals surface area contributed by atoms with Gasteiger partial charge in [0.2, 0.25) is 0 Å². The number of carbonyl (C=O) groups is 1. The SMILES string of the molecule is COc1cc(/C=C/C(=O)O)cc(-c2ccc3cc(OC)ccc3c2)c1. The number of ether oxygens (including phenoxy) is 2. The van der Waals surface area contributed by atoms with Gasteiger partial charge in [-0.1, -0.05) is 18.2 Å². The Morgan fingerprint density at radius 3 is 2.28 bits per heavy atom. The molecule has 0 spiro atoms. The lowest BCUT2D eigenvalue weighted by molar-refractivity contribution is -0.131. The number of methoxy groups -OCH3 is 2. The number of aliphatic carboxylic acids is 1. The van der Waals surface area contributed by atoms with Crippen molar-refractivity contribution in [3.63, 3.8) is 0 Å². The molecule has 3 aromatic carbocycles. The summed E-state index contributed by atoms with van der Waals surface area (Å²) in [5, 5.41) is 11.0. The highest BCUT2D eigenvalue weighted by atomic mass is 16.5. The molecule has 0 aliphatic carbocycles. The van der Waals surface area contributed by atoms with Gasteiger partial charge in [-0.15, -0.1) is 0 Å².